The van der Waals surface area contributed by atoms with Crippen molar-refractivity contribution in [1.82, 2.24) is 15.2 Å². The Kier molecular flexibility index (Phi) is 4.31. The van der Waals surface area contributed by atoms with Crippen molar-refractivity contribution in [3.63, 3.8) is 0 Å². The molecule has 0 aliphatic rings. The van der Waals surface area contributed by atoms with E-state index in [1.807, 2.05) is 29.6 Å². The number of rotatable bonds is 4. The zero-order valence-electron chi connectivity index (χ0n) is 10.1. The SMILES string of the molecule is Clc1ccc(CSc2n[nH]c(-c3cccs3)n2)c(Cl)c1. The zero-order chi connectivity index (χ0) is 13.9. The van der Waals surface area contributed by atoms with Gasteiger partial charge >= 0.3 is 0 Å². The summed E-state index contributed by atoms with van der Waals surface area (Å²) < 4.78 is 0. The average Bonchev–Trinajstić information content (AvgIpc) is 3.08. The number of thioether (sulfide) groups is 1. The molecular formula is C13H9Cl2N3S2. The van der Waals surface area contributed by atoms with E-state index in [9.17, 15) is 0 Å². The molecule has 7 heteroatoms. The molecule has 0 bridgehead atoms. The maximum absolute atomic E-state index is 6.14. The highest BCUT2D eigenvalue weighted by atomic mass is 35.5. The van der Waals surface area contributed by atoms with Crippen molar-refractivity contribution in [2.24, 2.45) is 0 Å². The molecule has 0 aliphatic heterocycles. The van der Waals surface area contributed by atoms with Crippen LogP contribution >= 0.6 is 46.3 Å². The van der Waals surface area contributed by atoms with Crippen LogP contribution in [-0.4, -0.2) is 15.2 Å². The molecule has 0 spiro atoms. The Labute approximate surface area is 134 Å². The van der Waals surface area contributed by atoms with Crippen LogP contribution in [0.25, 0.3) is 10.7 Å². The van der Waals surface area contributed by atoms with E-state index in [2.05, 4.69) is 15.2 Å². The van der Waals surface area contributed by atoms with Gasteiger partial charge in [-0.2, -0.15) is 0 Å². The van der Waals surface area contributed by atoms with Crippen LogP contribution in [0.1, 0.15) is 5.56 Å². The van der Waals surface area contributed by atoms with Gasteiger partial charge in [0.05, 0.1) is 4.88 Å². The Morgan fingerprint density at radius 3 is 2.90 bits per heavy atom. The zero-order valence-corrected chi connectivity index (χ0v) is 13.3. The number of nitrogens with one attached hydrogen (secondary N) is 1. The molecule has 0 radical (unpaired) electrons. The number of hydrogen-bond acceptors (Lipinski definition) is 4. The summed E-state index contributed by atoms with van der Waals surface area (Å²) in [5.74, 6) is 1.50. The summed E-state index contributed by atoms with van der Waals surface area (Å²) in [5, 5.41) is 11.2. The fraction of sp³-hybridized carbons (Fsp3) is 0.0769. The van der Waals surface area contributed by atoms with Crippen LogP contribution in [0.4, 0.5) is 0 Å². The van der Waals surface area contributed by atoms with Crippen LogP contribution < -0.4 is 0 Å². The van der Waals surface area contributed by atoms with Gasteiger partial charge in [-0.25, -0.2) is 4.98 Å². The van der Waals surface area contributed by atoms with Crippen molar-refractivity contribution in [2.75, 3.05) is 0 Å². The topological polar surface area (TPSA) is 41.6 Å². The fourth-order valence-electron chi connectivity index (χ4n) is 1.62. The molecule has 0 saturated heterocycles. The van der Waals surface area contributed by atoms with Crippen LogP contribution in [0.2, 0.25) is 10.0 Å². The van der Waals surface area contributed by atoms with Gasteiger partial charge in [-0.15, -0.1) is 16.4 Å². The second kappa shape index (κ2) is 6.18. The van der Waals surface area contributed by atoms with Crippen LogP contribution in [0.3, 0.4) is 0 Å². The summed E-state index contributed by atoms with van der Waals surface area (Å²) in [7, 11) is 0. The minimum absolute atomic E-state index is 0.640. The van der Waals surface area contributed by atoms with Crippen molar-refractivity contribution >= 4 is 46.3 Å². The first kappa shape index (κ1) is 13.9. The standard InChI is InChI=1S/C13H9Cl2N3S2/c14-9-4-3-8(10(15)6-9)7-20-13-16-12(17-18-13)11-2-1-5-19-11/h1-6H,7H2,(H,16,17,18). The molecule has 3 nitrogen and oxygen atoms in total. The number of thiophene rings is 1. The smallest absolute Gasteiger partial charge is 0.209 e. The van der Waals surface area contributed by atoms with Gasteiger partial charge in [0.1, 0.15) is 0 Å². The Bertz CT molecular complexity index is 710. The summed E-state index contributed by atoms with van der Waals surface area (Å²) in [4.78, 5) is 5.53. The first-order chi connectivity index (χ1) is 9.72. The number of halogens is 2. The summed E-state index contributed by atoms with van der Waals surface area (Å²) >= 11 is 15.2. The number of H-pyrrole nitrogens is 1. The Balaban J connectivity index is 1.70. The van der Waals surface area contributed by atoms with Crippen LogP contribution in [0.5, 0.6) is 0 Å². The minimum Gasteiger partial charge on any atom is -0.257 e. The first-order valence-electron chi connectivity index (χ1n) is 5.75. The third-order valence-electron chi connectivity index (χ3n) is 2.59. The van der Waals surface area contributed by atoms with Gasteiger partial charge in [-0.3, -0.25) is 5.10 Å². The molecule has 102 valence electrons. The molecule has 0 aliphatic carbocycles. The first-order valence-corrected chi connectivity index (χ1v) is 8.37. The van der Waals surface area contributed by atoms with Gasteiger partial charge in [0.25, 0.3) is 0 Å². The van der Waals surface area contributed by atoms with E-state index < -0.39 is 0 Å². The van der Waals surface area contributed by atoms with E-state index >= 15 is 0 Å². The molecule has 0 atom stereocenters. The fourth-order valence-corrected chi connectivity index (χ4v) is 3.64. The normalized spacial score (nSPS) is 10.9. The largest absolute Gasteiger partial charge is 0.257 e. The summed E-state index contributed by atoms with van der Waals surface area (Å²) in [6, 6.07) is 9.50. The molecule has 2 aromatic heterocycles. The van der Waals surface area contributed by atoms with Crippen molar-refractivity contribution in [1.29, 1.82) is 0 Å². The molecule has 1 aromatic carbocycles. The highest BCUT2D eigenvalue weighted by Gasteiger charge is 2.08. The Morgan fingerprint density at radius 2 is 2.15 bits per heavy atom. The monoisotopic (exact) mass is 341 g/mol. The molecule has 2 heterocycles. The van der Waals surface area contributed by atoms with Gasteiger partial charge in [0.15, 0.2) is 5.82 Å². The van der Waals surface area contributed by atoms with Gasteiger partial charge < -0.3 is 0 Å². The van der Waals surface area contributed by atoms with Crippen molar-refractivity contribution in [3.05, 3.63) is 51.3 Å². The van der Waals surface area contributed by atoms with Gasteiger partial charge in [0.2, 0.25) is 5.16 Å². The highest BCUT2D eigenvalue weighted by molar-refractivity contribution is 7.98. The van der Waals surface area contributed by atoms with Crippen LogP contribution in [0, 0.1) is 0 Å². The quantitative estimate of drug-likeness (QED) is 0.668. The van der Waals surface area contributed by atoms with Crippen LogP contribution in [-0.2, 0) is 5.75 Å². The molecule has 1 N–H and O–H groups in total. The predicted molar refractivity (Wildman–Crippen MR) is 85.7 cm³/mol. The van der Waals surface area contributed by atoms with Gasteiger partial charge in [0, 0.05) is 15.8 Å². The highest BCUT2D eigenvalue weighted by Crippen LogP contribution is 2.28. The van der Waals surface area contributed by atoms with E-state index in [-0.39, 0.29) is 0 Å². The van der Waals surface area contributed by atoms with Crippen molar-refractivity contribution < 1.29 is 0 Å². The molecular weight excluding hydrogens is 333 g/mol. The maximum atomic E-state index is 6.14. The van der Waals surface area contributed by atoms with Gasteiger partial charge in [-0.1, -0.05) is 47.1 Å². The van der Waals surface area contributed by atoms with E-state index in [1.54, 1.807) is 17.4 Å². The van der Waals surface area contributed by atoms with Crippen LogP contribution in [0.15, 0.2) is 40.9 Å². The second-order valence-electron chi connectivity index (χ2n) is 3.97. The van der Waals surface area contributed by atoms with Crippen molar-refractivity contribution in [2.45, 2.75) is 10.9 Å². The Hall–Kier alpha value is -1.01. The predicted octanol–water partition coefficient (Wildman–Crippen LogP) is 5.13. The van der Waals surface area contributed by atoms with Crippen molar-refractivity contribution in [3.8, 4) is 10.7 Å². The molecule has 3 aromatic rings. The third-order valence-corrected chi connectivity index (χ3v) is 4.95. The number of nitrogens with zero attached hydrogens (tertiary/aromatic N) is 2. The van der Waals surface area contributed by atoms with E-state index in [4.69, 9.17) is 23.2 Å². The number of benzene rings is 1. The number of hydrogen-bond donors (Lipinski definition) is 1. The molecule has 0 amide bonds. The van der Waals surface area contributed by atoms with Gasteiger partial charge in [-0.05, 0) is 29.1 Å². The Morgan fingerprint density at radius 1 is 1.25 bits per heavy atom. The molecule has 3 rings (SSSR count). The summed E-state index contributed by atoms with van der Waals surface area (Å²) in [5.41, 5.74) is 1.02. The lowest BCUT2D eigenvalue weighted by molar-refractivity contribution is 0.973. The van der Waals surface area contributed by atoms with E-state index in [1.165, 1.54) is 11.8 Å². The molecule has 0 unspecified atom stereocenters. The minimum atomic E-state index is 0.640. The molecule has 0 fully saturated rings. The second-order valence-corrected chi connectivity index (χ2v) is 6.70. The lowest BCUT2D eigenvalue weighted by Gasteiger charge is -2.02. The average molecular weight is 342 g/mol. The number of aromatic nitrogens is 3. The maximum Gasteiger partial charge on any atom is 0.209 e. The number of aromatic amines is 1. The van der Waals surface area contributed by atoms with E-state index in [0.717, 1.165) is 16.3 Å². The molecule has 0 saturated carbocycles. The van der Waals surface area contributed by atoms with E-state index in [0.29, 0.717) is 21.0 Å². The lowest BCUT2D eigenvalue weighted by atomic mass is 10.2. The molecule has 20 heavy (non-hydrogen) atoms. The lowest BCUT2D eigenvalue weighted by Crippen LogP contribution is -1.84. The summed E-state index contributed by atoms with van der Waals surface area (Å²) in [6.07, 6.45) is 0. The summed E-state index contributed by atoms with van der Waals surface area (Å²) in [6.45, 7) is 0. The third kappa shape index (κ3) is 3.17.